The number of benzene rings is 1. The van der Waals surface area contributed by atoms with E-state index >= 15 is 0 Å². The third-order valence-electron chi connectivity index (χ3n) is 3.03. The molecule has 0 N–H and O–H groups in total. The Morgan fingerprint density at radius 3 is 2.63 bits per heavy atom. The standard InChI is InChI=1S/C15H12FN2O/c16-13-6-4-12(5-7-13)11-17-10-8-15(19)18-9-2-1-3-14(17)18/h1-10H,11H2/q+1. The van der Waals surface area contributed by atoms with Crippen LogP contribution in [-0.4, -0.2) is 4.40 Å². The van der Waals surface area contributed by atoms with Crippen LogP contribution in [0.3, 0.4) is 0 Å². The number of pyridine rings is 1. The molecule has 2 aromatic heterocycles. The van der Waals surface area contributed by atoms with E-state index in [1.807, 2.05) is 22.8 Å². The van der Waals surface area contributed by atoms with Gasteiger partial charge in [-0.25, -0.2) is 13.8 Å². The molecule has 0 amide bonds. The lowest BCUT2D eigenvalue weighted by atomic mass is 10.2. The van der Waals surface area contributed by atoms with Crippen LogP contribution in [0.1, 0.15) is 5.56 Å². The van der Waals surface area contributed by atoms with E-state index in [0.717, 1.165) is 11.2 Å². The van der Waals surface area contributed by atoms with Gasteiger partial charge in [0.1, 0.15) is 12.4 Å². The lowest BCUT2D eigenvalue weighted by Gasteiger charge is -2.03. The van der Waals surface area contributed by atoms with Gasteiger partial charge in [0.25, 0.3) is 5.65 Å². The Hall–Kier alpha value is -2.49. The van der Waals surface area contributed by atoms with Crippen molar-refractivity contribution in [2.24, 2.45) is 0 Å². The van der Waals surface area contributed by atoms with Gasteiger partial charge in [0, 0.05) is 6.07 Å². The van der Waals surface area contributed by atoms with Crippen molar-refractivity contribution in [2.45, 2.75) is 6.54 Å². The quantitative estimate of drug-likeness (QED) is 0.641. The Bertz CT molecular complexity index is 778. The lowest BCUT2D eigenvalue weighted by molar-refractivity contribution is -0.666. The molecule has 0 unspecified atom stereocenters. The summed E-state index contributed by atoms with van der Waals surface area (Å²) in [4.78, 5) is 11.7. The van der Waals surface area contributed by atoms with Gasteiger partial charge in [0.05, 0.1) is 18.5 Å². The maximum absolute atomic E-state index is 12.9. The van der Waals surface area contributed by atoms with Crippen molar-refractivity contribution in [2.75, 3.05) is 0 Å². The van der Waals surface area contributed by atoms with Crippen LogP contribution < -0.4 is 10.1 Å². The zero-order valence-electron chi connectivity index (χ0n) is 10.2. The number of aromatic nitrogens is 2. The average Bonchev–Trinajstić information content (AvgIpc) is 2.45. The van der Waals surface area contributed by atoms with E-state index in [9.17, 15) is 9.18 Å². The van der Waals surface area contributed by atoms with E-state index in [0.29, 0.717) is 6.54 Å². The van der Waals surface area contributed by atoms with Gasteiger partial charge in [-0.15, -0.1) is 0 Å². The summed E-state index contributed by atoms with van der Waals surface area (Å²) in [5.74, 6) is -0.247. The molecule has 0 atom stereocenters. The van der Waals surface area contributed by atoms with Crippen LogP contribution in [0.2, 0.25) is 0 Å². The Kier molecular flexibility index (Phi) is 2.83. The summed E-state index contributed by atoms with van der Waals surface area (Å²) < 4.78 is 16.4. The summed E-state index contributed by atoms with van der Waals surface area (Å²) in [6.07, 6.45) is 3.49. The molecule has 0 bridgehead atoms. The van der Waals surface area contributed by atoms with Gasteiger partial charge < -0.3 is 0 Å². The van der Waals surface area contributed by atoms with Crippen molar-refractivity contribution < 1.29 is 8.96 Å². The molecule has 0 aliphatic carbocycles. The van der Waals surface area contributed by atoms with E-state index in [1.54, 1.807) is 28.9 Å². The first-order valence-corrected chi connectivity index (χ1v) is 5.98. The highest BCUT2D eigenvalue weighted by Gasteiger charge is 2.09. The van der Waals surface area contributed by atoms with Gasteiger partial charge in [-0.3, -0.25) is 0 Å². The lowest BCUT2D eigenvalue weighted by Crippen LogP contribution is -2.39. The second-order valence-electron chi connectivity index (χ2n) is 4.34. The van der Waals surface area contributed by atoms with Crippen molar-refractivity contribution in [1.29, 1.82) is 0 Å². The summed E-state index contributed by atoms with van der Waals surface area (Å²) >= 11 is 0. The Balaban J connectivity index is 2.08. The molecule has 1 aromatic carbocycles. The van der Waals surface area contributed by atoms with Crippen molar-refractivity contribution in [3.63, 3.8) is 0 Å². The molecule has 3 aromatic rings. The molecule has 0 fully saturated rings. The van der Waals surface area contributed by atoms with Crippen molar-refractivity contribution in [3.8, 4) is 0 Å². The summed E-state index contributed by atoms with van der Waals surface area (Å²) in [5.41, 5.74) is 1.72. The van der Waals surface area contributed by atoms with E-state index in [-0.39, 0.29) is 11.4 Å². The molecular weight excluding hydrogens is 243 g/mol. The minimum atomic E-state index is -0.247. The Morgan fingerprint density at radius 1 is 1.05 bits per heavy atom. The Labute approximate surface area is 109 Å². The van der Waals surface area contributed by atoms with Gasteiger partial charge in [0.2, 0.25) is 0 Å². The SMILES string of the molecule is O=c1cc[n+](Cc2ccc(F)cc2)c2ccccn12. The average molecular weight is 255 g/mol. The first kappa shape index (κ1) is 11.6. The highest BCUT2D eigenvalue weighted by Crippen LogP contribution is 2.03. The third kappa shape index (κ3) is 2.25. The summed E-state index contributed by atoms with van der Waals surface area (Å²) in [7, 11) is 0. The number of halogens is 1. The number of fused-ring (bicyclic) bond motifs is 1. The van der Waals surface area contributed by atoms with Gasteiger partial charge in [-0.2, -0.15) is 4.40 Å². The molecule has 0 radical (unpaired) electrons. The molecule has 3 rings (SSSR count). The predicted molar refractivity (Wildman–Crippen MR) is 69.4 cm³/mol. The molecule has 2 heterocycles. The number of nitrogens with zero attached hydrogens (tertiary/aromatic N) is 2. The summed E-state index contributed by atoms with van der Waals surface area (Å²) in [6.45, 7) is 0.591. The van der Waals surface area contributed by atoms with E-state index in [4.69, 9.17) is 0 Å². The van der Waals surface area contributed by atoms with Gasteiger partial charge in [-0.05, 0) is 23.8 Å². The van der Waals surface area contributed by atoms with Crippen molar-refractivity contribution in [3.05, 3.63) is 82.7 Å². The zero-order valence-corrected chi connectivity index (χ0v) is 10.2. The van der Waals surface area contributed by atoms with E-state index in [1.165, 1.54) is 18.2 Å². The maximum atomic E-state index is 12.9. The van der Waals surface area contributed by atoms with Crippen LogP contribution in [0.15, 0.2) is 65.7 Å². The van der Waals surface area contributed by atoms with Gasteiger partial charge in [0.15, 0.2) is 0 Å². The number of hydrogen-bond acceptors (Lipinski definition) is 1. The molecular formula is C15H12FN2O+. The second kappa shape index (κ2) is 4.65. The van der Waals surface area contributed by atoms with Gasteiger partial charge in [-0.1, -0.05) is 18.2 Å². The highest BCUT2D eigenvalue weighted by atomic mass is 19.1. The van der Waals surface area contributed by atoms with E-state index in [2.05, 4.69) is 0 Å². The fourth-order valence-electron chi connectivity index (χ4n) is 2.09. The second-order valence-corrected chi connectivity index (χ2v) is 4.34. The van der Waals surface area contributed by atoms with Crippen LogP contribution in [0.25, 0.3) is 5.65 Å². The molecule has 0 spiro atoms. The van der Waals surface area contributed by atoms with E-state index < -0.39 is 0 Å². The fraction of sp³-hybridized carbons (Fsp3) is 0.0667. The fourth-order valence-corrected chi connectivity index (χ4v) is 2.09. The predicted octanol–water partition coefficient (Wildman–Crippen LogP) is 1.77. The molecule has 0 saturated carbocycles. The smallest absolute Gasteiger partial charge is 0.241 e. The molecule has 3 nitrogen and oxygen atoms in total. The number of hydrogen-bond donors (Lipinski definition) is 0. The minimum Gasteiger partial charge on any atom is -0.241 e. The molecule has 0 aliphatic rings. The molecule has 4 heteroatoms. The minimum absolute atomic E-state index is 0.0639. The van der Waals surface area contributed by atoms with Crippen molar-refractivity contribution >= 4 is 5.65 Å². The highest BCUT2D eigenvalue weighted by molar-refractivity contribution is 5.30. The first-order valence-electron chi connectivity index (χ1n) is 5.98. The molecule has 19 heavy (non-hydrogen) atoms. The van der Waals surface area contributed by atoms with Crippen LogP contribution in [0.4, 0.5) is 4.39 Å². The van der Waals surface area contributed by atoms with Crippen LogP contribution in [-0.2, 0) is 6.54 Å². The monoisotopic (exact) mass is 255 g/mol. The maximum Gasteiger partial charge on any atom is 0.342 e. The molecule has 0 aliphatic heterocycles. The van der Waals surface area contributed by atoms with Crippen molar-refractivity contribution in [1.82, 2.24) is 4.40 Å². The van der Waals surface area contributed by atoms with Crippen LogP contribution in [0, 0.1) is 5.82 Å². The van der Waals surface area contributed by atoms with Crippen LogP contribution in [0.5, 0.6) is 0 Å². The normalized spacial score (nSPS) is 10.8. The zero-order chi connectivity index (χ0) is 13.2. The van der Waals surface area contributed by atoms with Gasteiger partial charge >= 0.3 is 5.56 Å². The number of rotatable bonds is 2. The Morgan fingerprint density at radius 2 is 1.84 bits per heavy atom. The van der Waals surface area contributed by atoms with Crippen LogP contribution >= 0.6 is 0 Å². The first-order chi connectivity index (χ1) is 9.24. The summed E-state index contributed by atoms with van der Waals surface area (Å²) in [6, 6.07) is 13.5. The topological polar surface area (TPSA) is 25.4 Å². The summed E-state index contributed by atoms with van der Waals surface area (Å²) in [5, 5.41) is 0. The molecule has 94 valence electrons. The molecule has 0 saturated heterocycles. The largest absolute Gasteiger partial charge is 0.342 e. The third-order valence-corrected chi connectivity index (χ3v) is 3.03.